The van der Waals surface area contributed by atoms with Crippen LogP contribution in [0.3, 0.4) is 0 Å². The summed E-state index contributed by atoms with van der Waals surface area (Å²) < 4.78 is 0. The first-order chi connectivity index (χ1) is 15.4. The second-order valence-corrected chi connectivity index (χ2v) is 7.82. The van der Waals surface area contributed by atoms with Crippen molar-refractivity contribution in [3.63, 3.8) is 0 Å². The Balaban J connectivity index is 1.72. The summed E-state index contributed by atoms with van der Waals surface area (Å²) in [5.74, 6) is 0.487. The molecule has 0 bridgehead atoms. The number of ketones is 1. The number of hydrogen-bond acceptors (Lipinski definition) is 8. The fraction of sp³-hybridized carbons (Fsp3) is 0.391. The average Bonchev–Trinajstić information content (AvgIpc) is 2.81. The molecule has 3 rings (SSSR count). The largest absolute Gasteiger partial charge is 0.393 e. The number of carbonyl (C=O) groups is 2. The summed E-state index contributed by atoms with van der Waals surface area (Å²) in [6.07, 6.45) is 3.46. The normalized spacial score (nSPS) is 16.8. The van der Waals surface area contributed by atoms with Gasteiger partial charge in [0.1, 0.15) is 5.82 Å². The van der Waals surface area contributed by atoms with Gasteiger partial charge >= 0.3 is 0 Å². The van der Waals surface area contributed by atoms with E-state index in [9.17, 15) is 14.7 Å². The number of benzene rings is 1. The van der Waals surface area contributed by atoms with E-state index in [1.54, 1.807) is 11.1 Å². The fourth-order valence-corrected chi connectivity index (χ4v) is 3.59. The predicted molar refractivity (Wildman–Crippen MR) is 122 cm³/mol. The first-order valence-corrected chi connectivity index (χ1v) is 10.6. The summed E-state index contributed by atoms with van der Waals surface area (Å²) in [6.45, 7) is 5.76. The van der Waals surface area contributed by atoms with Crippen molar-refractivity contribution in [1.29, 1.82) is 0 Å². The molecule has 0 saturated carbocycles. The molecule has 4 N–H and O–H groups in total. The van der Waals surface area contributed by atoms with Gasteiger partial charge in [0, 0.05) is 43.0 Å². The maximum absolute atomic E-state index is 12.2. The lowest BCUT2D eigenvalue weighted by Gasteiger charge is -2.34. The molecule has 2 aromatic rings. The van der Waals surface area contributed by atoms with Crippen LogP contribution in [0.1, 0.15) is 24.0 Å². The third-order valence-corrected chi connectivity index (χ3v) is 5.36. The number of likely N-dealkylation sites (tertiary alicyclic amines) is 1. The maximum Gasteiger partial charge on any atom is 0.253 e. The summed E-state index contributed by atoms with van der Waals surface area (Å²) in [6, 6.07) is 7.45. The topological polar surface area (TPSA) is 128 Å². The van der Waals surface area contributed by atoms with Crippen molar-refractivity contribution in [1.82, 2.24) is 14.9 Å². The summed E-state index contributed by atoms with van der Waals surface area (Å²) >= 11 is 0. The molecular weight excluding hydrogens is 410 g/mol. The van der Waals surface area contributed by atoms with Crippen molar-refractivity contribution in [2.45, 2.75) is 38.3 Å². The Morgan fingerprint density at radius 2 is 2.16 bits per heavy atom. The van der Waals surface area contributed by atoms with Crippen LogP contribution in [0.5, 0.6) is 0 Å². The molecule has 0 unspecified atom stereocenters. The Kier molecular flexibility index (Phi) is 7.91. The molecule has 0 aliphatic carbocycles. The second kappa shape index (κ2) is 10.8. The van der Waals surface area contributed by atoms with Crippen molar-refractivity contribution < 1.29 is 19.8 Å². The number of nitrogens with one attached hydrogen (secondary N) is 2. The number of aryl methyl sites for hydroxylation is 1. The van der Waals surface area contributed by atoms with Gasteiger partial charge in [0.05, 0.1) is 6.61 Å². The van der Waals surface area contributed by atoms with Gasteiger partial charge in [-0.3, -0.25) is 9.59 Å². The van der Waals surface area contributed by atoms with Gasteiger partial charge < -0.3 is 25.7 Å². The van der Waals surface area contributed by atoms with E-state index in [-0.39, 0.29) is 18.2 Å². The third kappa shape index (κ3) is 5.89. The number of aromatic nitrogens is 2. The number of allylic oxidation sites excluding steroid dienone is 1. The van der Waals surface area contributed by atoms with Gasteiger partial charge in [-0.2, -0.15) is 4.98 Å². The van der Waals surface area contributed by atoms with Gasteiger partial charge in [0.15, 0.2) is 11.9 Å². The van der Waals surface area contributed by atoms with Crippen molar-refractivity contribution in [2.24, 2.45) is 0 Å². The lowest BCUT2D eigenvalue weighted by molar-refractivity contribution is -0.143. The van der Waals surface area contributed by atoms with Crippen LogP contribution in [0.25, 0.3) is 0 Å². The molecule has 170 valence electrons. The summed E-state index contributed by atoms with van der Waals surface area (Å²) in [5.41, 5.74) is 2.46. The van der Waals surface area contributed by atoms with Crippen molar-refractivity contribution >= 4 is 29.1 Å². The van der Waals surface area contributed by atoms with E-state index in [0.29, 0.717) is 24.9 Å². The first kappa shape index (κ1) is 23.4. The van der Waals surface area contributed by atoms with Crippen LogP contribution < -0.4 is 10.6 Å². The highest BCUT2D eigenvalue weighted by Gasteiger charge is 2.28. The van der Waals surface area contributed by atoms with Crippen LogP contribution >= 0.6 is 0 Å². The zero-order valence-electron chi connectivity index (χ0n) is 18.1. The van der Waals surface area contributed by atoms with E-state index >= 15 is 0 Å². The predicted octanol–water partition coefficient (Wildman–Crippen LogP) is 1.58. The van der Waals surface area contributed by atoms with E-state index in [2.05, 4.69) is 27.2 Å². The minimum atomic E-state index is -1.40. The molecule has 0 spiro atoms. The number of carbonyl (C=O) groups excluding carboxylic acids is 2. The van der Waals surface area contributed by atoms with E-state index < -0.39 is 18.6 Å². The molecule has 1 fully saturated rings. The van der Waals surface area contributed by atoms with Crippen molar-refractivity contribution in [2.75, 3.05) is 30.3 Å². The van der Waals surface area contributed by atoms with Crippen LogP contribution in [0.15, 0.2) is 43.1 Å². The molecule has 1 aromatic heterocycles. The molecule has 1 aliphatic heterocycles. The number of nitrogens with zero attached hydrogens (tertiary/aromatic N) is 3. The number of para-hydroxylation sites is 1. The number of anilines is 3. The molecule has 9 heteroatoms. The minimum Gasteiger partial charge on any atom is -0.393 e. The van der Waals surface area contributed by atoms with Crippen LogP contribution in [0.2, 0.25) is 0 Å². The highest BCUT2D eigenvalue weighted by Crippen LogP contribution is 2.24. The molecule has 2 atom stereocenters. The van der Waals surface area contributed by atoms with Gasteiger partial charge in [0.2, 0.25) is 5.95 Å². The Morgan fingerprint density at radius 1 is 1.38 bits per heavy atom. The summed E-state index contributed by atoms with van der Waals surface area (Å²) in [5, 5.41) is 25.2. The molecule has 1 aliphatic rings. The Bertz CT molecular complexity index is 981. The summed E-state index contributed by atoms with van der Waals surface area (Å²) in [7, 11) is 0. The summed E-state index contributed by atoms with van der Waals surface area (Å²) in [4.78, 5) is 34.5. The highest BCUT2D eigenvalue weighted by atomic mass is 16.3. The van der Waals surface area contributed by atoms with Crippen LogP contribution in [-0.2, 0) is 16.0 Å². The van der Waals surface area contributed by atoms with E-state index in [1.165, 1.54) is 6.08 Å². The van der Waals surface area contributed by atoms with Gasteiger partial charge in [-0.1, -0.05) is 24.8 Å². The van der Waals surface area contributed by atoms with Gasteiger partial charge in [-0.25, -0.2) is 4.98 Å². The third-order valence-electron chi connectivity index (χ3n) is 5.36. The van der Waals surface area contributed by atoms with E-state index in [1.807, 2.05) is 31.2 Å². The molecule has 1 aromatic carbocycles. The molecule has 32 heavy (non-hydrogen) atoms. The maximum atomic E-state index is 12.2. The van der Waals surface area contributed by atoms with Crippen LogP contribution in [0, 0.1) is 6.92 Å². The first-order valence-electron chi connectivity index (χ1n) is 10.6. The zero-order chi connectivity index (χ0) is 23.1. The van der Waals surface area contributed by atoms with Crippen molar-refractivity contribution in [3.05, 3.63) is 54.2 Å². The van der Waals surface area contributed by atoms with Crippen LogP contribution in [-0.4, -0.2) is 68.6 Å². The monoisotopic (exact) mass is 439 g/mol. The smallest absolute Gasteiger partial charge is 0.253 e. The molecule has 9 nitrogen and oxygen atoms in total. The Morgan fingerprint density at radius 3 is 2.91 bits per heavy atom. The van der Waals surface area contributed by atoms with E-state index in [0.717, 1.165) is 29.7 Å². The SMILES string of the molecule is C=CC(=O)Cc1ccccc1Nc1nc(N[C@H]2CCCN(C(=O)[C@H](O)CO)C2)ncc1C. The quantitative estimate of drug-likeness (QED) is 0.434. The minimum absolute atomic E-state index is 0.0660. The second-order valence-electron chi connectivity index (χ2n) is 7.82. The van der Waals surface area contributed by atoms with Gasteiger partial charge in [0.25, 0.3) is 5.91 Å². The Labute approximate surface area is 187 Å². The number of rotatable bonds is 9. The number of aliphatic hydroxyl groups excluding tert-OH is 2. The number of aliphatic hydroxyl groups is 2. The Hall–Kier alpha value is -3.30. The molecule has 0 radical (unpaired) electrons. The lowest BCUT2D eigenvalue weighted by atomic mass is 10.1. The standard InChI is InChI=1S/C23H29N5O4/c1-3-18(30)11-16-7-4-5-9-19(16)26-21-15(2)12-24-23(27-21)25-17-8-6-10-28(13-17)22(32)20(31)14-29/h3-5,7,9,12,17,20,29,31H,1,6,8,10-11,13-14H2,2H3,(H2,24,25,26,27)/t17-,20+/m0/s1. The molecular formula is C23H29N5O4. The van der Waals surface area contributed by atoms with Crippen LogP contribution in [0.4, 0.5) is 17.5 Å². The number of amides is 1. The number of piperidine rings is 1. The molecule has 2 heterocycles. The van der Waals surface area contributed by atoms with Gasteiger partial charge in [-0.05, 0) is 37.5 Å². The fourth-order valence-electron chi connectivity index (χ4n) is 3.59. The molecule has 1 saturated heterocycles. The van der Waals surface area contributed by atoms with E-state index in [4.69, 9.17) is 5.11 Å². The number of hydrogen-bond donors (Lipinski definition) is 4. The lowest BCUT2D eigenvalue weighted by Crippen LogP contribution is -2.49. The zero-order valence-corrected chi connectivity index (χ0v) is 18.1. The molecule has 1 amide bonds. The van der Waals surface area contributed by atoms with Crippen molar-refractivity contribution in [3.8, 4) is 0 Å². The average molecular weight is 440 g/mol. The highest BCUT2D eigenvalue weighted by molar-refractivity contribution is 5.92. The van der Waals surface area contributed by atoms with Gasteiger partial charge in [-0.15, -0.1) is 0 Å².